The molecule has 0 aromatic heterocycles. The lowest BCUT2D eigenvalue weighted by Gasteiger charge is -2.29. The van der Waals surface area contributed by atoms with Crippen molar-refractivity contribution in [1.82, 2.24) is 4.90 Å². The van der Waals surface area contributed by atoms with Gasteiger partial charge in [-0.15, -0.1) is 0 Å². The second-order valence-electron chi connectivity index (χ2n) is 7.69. The van der Waals surface area contributed by atoms with Crippen LogP contribution in [0.2, 0.25) is 0 Å². The fourth-order valence-corrected chi connectivity index (χ4v) is 3.99. The number of methoxy groups -OCH3 is 3. The van der Waals surface area contributed by atoms with Gasteiger partial charge in [-0.3, -0.25) is 9.59 Å². The minimum atomic E-state index is -0.303. The van der Waals surface area contributed by atoms with Crippen molar-refractivity contribution in [2.45, 2.75) is 13.0 Å². The highest BCUT2D eigenvalue weighted by atomic mass is 16.5. The fraction of sp³-hybridized carbons (Fsp3) is 0.231. The number of anilines is 1. The van der Waals surface area contributed by atoms with E-state index < -0.39 is 0 Å². The first-order chi connectivity index (χ1) is 16.0. The SMILES string of the molecule is COc1cc(C(=O)Nc2ccc3c(c2)CN(C(=O)c2ccccc2)CC3)cc(OC)c1OC. The molecule has 4 rings (SSSR count). The van der Waals surface area contributed by atoms with Crippen molar-refractivity contribution in [3.8, 4) is 17.2 Å². The molecule has 1 aliphatic heterocycles. The van der Waals surface area contributed by atoms with Crippen LogP contribution in [0, 0.1) is 0 Å². The highest BCUT2D eigenvalue weighted by Crippen LogP contribution is 2.38. The number of rotatable bonds is 6. The van der Waals surface area contributed by atoms with Gasteiger partial charge < -0.3 is 24.4 Å². The largest absolute Gasteiger partial charge is 0.493 e. The van der Waals surface area contributed by atoms with Gasteiger partial charge >= 0.3 is 0 Å². The van der Waals surface area contributed by atoms with Crippen molar-refractivity contribution in [1.29, 1.82) is 0 Å². The molecule has 7 nitrogen and oxygen atoms in total. The highest BCUT2D eigenvalue weighted by molar-refractivity contribution is 6.05. The van der Waals surface area contributed by atoms with E-state index in [1.54, 1.807) is 12.1 Å². The highest BCUT2D eigenvalue weighted by Gasteiger charge is 2.22. The maximum absolute atomic E-state index is 12.9. The average Bonchev–Trinajstić information content (AvgIpc) is 2.87. The number of fused-ring (bicyclic) bond motifs is 1. The quantitative estimate of drug-likeness (QED) is 0.615. The number of hydrogen-bond donors (Lipinski definition) is 1. The molecule has 0 atom stereocenters. The van der Waals surface area contributed by atoms with Gasteiger partial charge in [-0.1, -0.05) is 24.3 Å². The molecule has 0 saturated heterocycles. The smallest absolute Gasteiger partial charge is 0.255 e. The van der Waals surface area contributed by atoms with Crippen LogP contribution in [-0.2, 0) is 13.0 Å². The number of nitrogens with zero attached hydrogens (tertiary/aromatic N) is 1. The zero-order valence-corrected chi connectivity index (χ0v) is 18.9. The molecule has 0 bridgehead atoms. The van der Waals surface area contributed by atoms with Gasteiger partial charge in [-0.05, 0) is 53.9 Å². The topological polar surface area (TPSA) is 77.1 Å². The lowest BCUT2D eigenvalue weighted by molar-refractivity contribution is 0.0734. The van der Waals surface area contributed by atoms with Crippen LogP contribution < -0.4 is 19.5 Å². The number of carbonyl (C=O) groups excluding carboxylic acids is 2. The number of hydrogen-bond acceptors (Lipinski definition) is 5. The molecule has 0 aliphatic carbocycles. The van der Waals surface area contributed by atoms with Gasteiger partial charge in [0.15, 0.2) is 11.5 Å². The number of carbonyl (C=O) groups is 2. The summed E-state index contributed by atoms with van der Waals surface area (Å²) in [6, 6.07) is 18.3. The van der Waals surface area contributed by atoms with Gasteiger partial charge in [0.25, 0.3) is 11.8 Å². The fourth-order valence-electron chi connectivity index (χ4n) is 3.99. The minimum Gasteiger partial charge on any atom is -0.493 e. The monoisotopic (exact) mass is 446 g/mol. The normalized spacial score (nSPS) is 12.5. The van der Waals surface area contributed by atoms with Gasteiger partial charge in [-0.2, -0.15) is 0 Å². The third kappa shape index (κ3) is 4.62. The van der Waals surface area contributed by atoms with Crippen LogP contribution in [-0.4, -0.2) is 44.6 Å². The van der Waals surface area contributed by atoms with Gasteiger partial charge in [-0.25, -0.2) is 0 Å². The minimum absolute atomic E-state index is 0.00751. The van der Waals surface area contributed by atoms with E-state index in [9.17, 15) is 9.59 Å². The van der Waals surface area contributed by atoms with Crippen LogP contribution >= 0.6 is 0 Å². The van der Waals surface area contributed by atoms with Crippen LogP contribution in [0.25, 0.3) is 0 Å². The van der Waals surface area contributed by atoms with Gasteiger partial charge in [0.05, 0.1) is 21.3 Å². The van der Waals surface area contributed by atoms with Crippen LogP contribution in [0.15, 0.2) is 60.7 Å². The summed E-state index contributed by atoms with van der Waals surface area (Å²) in [5.41, 5.74) is 3.91. The van der Waals surface area contributed by atoms with Crippen LogP contribution in [0.1, 0.15) is 31.8 Å². The summed E-state index contributed by atoms with van der Waals surface area (Å²) in [7, 11) is 4.52. The van der Waals surface area contributed by atoms with E-state index in [1.807, 2.05) is 53.4 Å². The van der Waals surface area contributed by atoms with Crippen molar-refractivity contribution in [3.05, 3.63) is 82.9 Å². The summed E-state index contributed by atoms with van der Waals surface area (Å²) in [5.74, 6) is 0.939. The number of nitrogens with one attached hydrogen (secondary N) is 1. The summed E-state index contributed by atoms with van der Waals surface area (Å²) >= 11 is 0. The van der Waals surface area contributed by atoms with Crippen LogP contribution in [0.3, 0.4) is 0 Å². The second kappa shape index (κ2) is 9.65. The van der Waals surface area contributed by atoms with Gasteiger partial charge in [0.2, 0.25) is 5.75 Å². The van der Waals surface area contributed by atoms with E-state index in [4.69, 9.17) is 14.2 Å². The predicted molar refractivity (Wildman–Crippen MR) is 125 cm³/mol. The van der Waals surface area contributed by atoms with E-state index in [2.05, 4.69) is 5.32 Å². The molecule has 0 fully saturated rings. The molecule has 0 unspecified atom stereocenters. The maximum atomic E-state index is 12.9. The molecule has 2 amide bonds. The molecule has 1 N–H and O–H groups in total. The molecule has 0 radical (unpaired) electrons. The Bertz CT molecular complexity index is 1150. The molecule has 1 heterocycles. The lowest BCUT2D eigenvalue weighted by Crippen LogP contribution is -2.36. The molecule has 1 aliphatic rings. The number of amides is 2. The van der Waals surface area contributed by atoms with Gasteiger partial charge in [0.1, 0.15) is 0 Å². The van der Waals surface area contributed by atoms with E-state index in [0.29, 0.717) is 47.2 Å². The molecule has 3 aromatic rings. The Labute approximate surface area is 192 Å². The van der Waals surface area contributed by atoms with E-state index in [1.165, 1.54) is 26.9 Å². The first-order valence-corrected chi connectivity index (χ1v) is 10.6. The summed E-state index contributed by atoms with van der Waals surface area (Å²) in [5, 5.41) is 2.93. The Kier molecular flexibility index (Phi) is 6.49. The maximum Gasteiger partial charge on any atom is 0.255 e. The Morgan fingerprint density at radius 1 is 0.818 bits per heavy atom. The Morgan fingerprint density at radius 3 is 2.15 bits per heavy atom. The van der Waals surface area contributed by atoms with Crippen LogP contribution in [0.5, 0.6) is 17.2 Å². The van der Waals surface area contributed by atoms with Crippen molar-refractivity contribution in [2.75, 3.05) is 33.2 Å². The molecule has 0 spiro atoms. The third-order valence-corrected chi connectivity index (χ3v) is 5.71. The predicted octanol–water partition coefficient (Wildman–Crippen LogP) is 4.16. The van der Waals surface area contributed by atoms with E-state index in [-0.39, 0.29) is 11.8 Å². The third-order valence-electron chi connectivity index (χ3n) is 5.71. The summed E-state index contributed by atoms with van der Waals surface area (Å²) in [6.45, 7) is 1.16. The standard InChI is InChI=1S/C26H26N2O5/c1-31-22-14-19(15-23(32-2)24(22)33-3)25(29)27-21-10-9-17-11-12-28(16-20(17)13-21)26(30)18-7-5-4-6-8-18/h4-10,13-15H,11-12,16H2,1-3H3,(H,27,29). The molecular weight excluding hydrogens is 420 g/mol. The molecule has 3 aromatic carbocycles. The van der Waals surface area contributed by atoms with E-state index >= 15 is 0 Å². The average molecular weight is 447 g/mol. The number of benzene rings is 3. The van der Waals surface area contributed by atoms with Crippen molar-refractivity contribution < 1.29 is 23.8 Å². The van der Waals surface area contributed by atoms with Crippen molar-refractivity contribution in [3.63, 3.8) is 0 Å². The molecular formula is C26H26N2O5. The first-order valence-electron chi connectivity index (χ1n) is 10.6. The summed E-state index contributed by atoms with van der Waals surface area (Å²) in [4.78, 5) is 27.6. The second-order valence-corrected chi connectivity index (χ2v) is 7.69. The summed E-state index contributed by atoms with van der Waals surface area (Å²) < 4.78 is 16.0. The van der Waals surface area contributed by atoms with Crippen molar-refractivity contribution >= 4 is 17.5 Å². The Morgan fingerprint density at radius 2 is 1.52 bits per heavy atom. The molecule has 7 heteroatoms. The van der Waals surface area contributed by atoms with Gasteiger partial charge in [0, 0.05) is 29.9 Å². The van der Waals surface area contributed by atoms with Crippen LogP contribution in [0.4, 0.5) is 5.69 Å². The van der Waals surface area contributed by atoms with Crippen molar-refractivity contribution in [2.24, 2.45) is 0 Å². The molecule has 170 valence electrons. The summed E-state index contributed by atoms with van der Waals surface area (Å²) in [6.07, 6.45) is 0.773. The van der Waals surface area contributed by atoms with E-state index in [0.717, 1.165) is 12.0 Å². The lowest BCUT2D eigenvalue weighted by atomic mass is 9.98. The first kappa shape index (κ1) is 22.2. The number of ether oxygens (including phenoxy) is 3. The Hall–Kier alpha value is -4.00. The zero-order chi connectivity index (χ0) is 23.4. The Balaban J connectivity index is 1.53. The molecule has 33 heavy (non-hydrogen) atoms. The molecule has 0 saturated carbocycles. The zero-order valence-electron chi connectivity index (χ0n) is 18.9.